The highest BCUT2D eigenvalue weighted by Gasteiger charge is 2.37. The highest BCUT2D eigenvalue weighted by Crippen LogP contribution is 2.41. The Bertz CT molecular complexity index is 1690. The number of nitrogens with zero attached hydrogens (tertiary/aromatic N) is 7. The van der Waals surface area contributed by atoms with E-state index in [-0.39, 0.29) is 43.5 Å². The number of piperazine rings is 1. The van der Waals surface area contributed by atoms with Crippen molar-refractivity contribution in [3.63, 3.8) is 0 Å². The molecule has 3 aliphatic heterocycles. The molecule has 2 atom stereocenters. The zero-order chi connectivity index (χ0) is 32.6. The molecule has 242 valence electrons. The number of alkyl halides is 3. The van der Waals surface area contributed by atoms with Gasteiger partial charge < -0.3 is 24.3 Å². The summed E-state index contributed by atoms with van der Waals surface area (Å²) in [5.41, 5.74) is 1.26. The summed E-state index contributed by atoms with van der Waals surface area (Å²) in [6.45, 7) is 5.88. The van der Waals surface area contributed by atoms with E-state index in [0.717, 1.165) is 31.0 Å². The number of carbonyl (C=O) groups excluding carboxylic acids is 1. The van der Waals surface area contributed by atoms with Gasteiger partial charge in [0.15, 0.2) is 5.83 Å². The molecule has 3 aromatic rings. The number of benzene rings is 2. The maximum Gasteiger partial charge on any atom is 0.417 e. The molecule has 13 heteroatoms. The van der Waals surface area contributed by atoms with Crippen LogP contribution in [-0.4, -0.2) is 84.1 Å². The number of amides is 1. The predicted octanol–water partition coefficient (Wildman–Crippen LogP) is 5.10. The summed E-state index contributed by atoms with van der Waals surface area (Å²) in [6.07, 6.45) is -2.03. The number of halogens is 4. The minimum atomic E-state index is -4.52. The average molecular weight is 638 g/mol. The van der Waals surface area contributed by atoms with Crippen molar-refractivity contribution in [2.75, 3.05) is 56.2 Å². The lowest BCUT2D eigenvalue weighted by molar-refractivity contribution is -0.136. The van der Waals surface area contributed by atoms with Crippen LogP contribution in [-0.2, 0) is 23.9 Å². The van der Waals surface area contributed by atoms with Gasteiger partial charge in [-0.25, -0.2) is 4.39 Å². The van der Waals surface area contributed by atoms with Crippen molar-refractivity contribution in [1.29, 1.82) is 5.26 Å². The van der Waals surface area contributed by atoms with E-state index in [9.17, 15) is 27.6 Å². The van der Waals surface area contributed by atoms with Gasteiger partial charge in [-0.3, -0.25) is 4.79 Å². The third kappa shape index (κ3) is 6.18. The first kappa shape index (κ1) is 31.5. The van der Waals surface area contributed by atoms with Crippen molar-refractivity contribution >= 4 is 28.2 Å². The molecule has 3 aliphatic rings. The molecular formula is C33H35F4N7O2. The van der Waals surface area contributed by atoms with Crippen LogP contribution < -0.4 is 14.5 Å². The summed E-state index contributed by atoms with van der Waals surface area (Å²) in [5.74, 6) is -1.31. The molecule has 0 radical (unpaired) electrons. The van der Waals surface area contributed by atoms with Crippen molar-refractivity contribution in [2.24, 2.45) is 0 Å². The van der Waals surface area contributed by atoms with Crippen LogP contribution in [0.5, 0.6) is 6.01 Å². The third-order valence-electron chi connectivity index (χ3n) is 9.23. The molecule has 2 fully saturated rings. The summed E-state index contributed by atoms with van der Waals surface area (Å²) in [4.78, 5) is 29.5. The minimum absolute atomic E-state index is 0.00341. The number of ether oxygens (including phenoxy) is 1. The fraction of sp³-hybridized carbons (Fsp3) is 0.455. The SMILES string of the molecule is C=C(F)C(=O)N1CCN(c2nc(OCC3CCCN3C)nc3c2CCN(c2cccc4cccc(C(F)(F)F)c24)C3)CC1CC#N. The number of likely N-dealkylation sites (N-methyl/N-ethyl adjacent to an activating group) is 1. The second-order valence-electron chi connectivity index (χ2n) is 12.1. The summed E-state index contributed by atoms with van der Waals surface area (Å²) >= 11 is 0. The molecule has 1 aromatic heterocycles. The second-order valence-corrected chi connectivity index (χ2v) is 12.1. The van der Waals surface area contributed by atoms with Gasteiger partial charge in [-0.1, -0.05) is 30.8 Å². The largest absolute Gasteiger partial charge is 0.462 e. The van der Waals surface area contributed by atoms with Crippen LogP contribution in [0.1, 0.15) is 36.1 Å². The Morgan fingerprint density at radius 3 is 2.57 bits per heavy atom. The van der Waals surface area contributed by atoms with Crippen molar-refractivity contribution in [3.05, 3.63) is 65.6 Å². The standard InChI is InChI=1S/C33H35F4N7O2/c1-21(34)31(45)44-17-16-43(18-23(44)11-13-38)30-25-12-15-42(19-27(25)39-32(40-30)46-20-24-8-5-14-41(24)2)28-10-4-7-22-6-3-9-26(29(22)28)33(35,36)37/h3-4,6-7,9-10,23-24H,1,5,8,11-12,14-20H2,2H3. The van der Waals surface area contributed by atoms with Gasteiger partial charge in [0.05, 0.1) is 36.3 Å². The molecule has 2 aromatic carbocycles. The minimum Gasteiger partial charge on any atom is -0.462 e. The zero-order valence-corrected chi connectivity index (χ0v) is 25.6. The van der Waals surface area contributed by atoms with E-state index >= 15 is 0 Å². The lowest BCUT2D eigenvalue weighted by Gasteiger charge is -2.42. The topological polar surface area (TPSA) is 88.8 Å². The predicted molar refractivity (Wildman–Crippen MR) is 165 cm³/mol. The summed E-state index contributed by atoms with van der Waals surface area (Å²) < 4.78 is 62.4. The van der Waals surface area contributed by atoms with Gasteiger partial charge in [-0.2, -0.15) is 28.4 Å². The first-order valence-corrected chi connectivity index (χ1v) is 15.4. The molecule has 6 rings (SSSR count). The number of likely N-dealkylation sites (tertiary alicyclic amines) is 1. The fourth-order valence-electron chi connectivity index (χ4n) is 6.85. The maximum absolute atomic E-state index is 14.1. The van der Waals surface area contributed by atoms with Gasteiger partial charge in [-0.05, 0) is 50.4 Å². The van der Waals surface area contributed by atoms with Crippen LogP contribution in [0.2, 0.25) is 0 Å². The average Bonchev–Trinajstić information content (AvgIpc) is 3.46. The number of fused-ring (bicyclic) bond motifs is 2. The lowest BCUT2D eigenvalue weighted by Crippen LogP contribution is -2.55. The molecule has 2 saturated heterocycles. The van der Waals surface area contributed by atoms with Gasteiger partial charge in [0, 0.05) is 48.9 Å². The van der Waals surface area contributed by atoms with E-state index in [2.05, 4.69) is 17.5 Å². The number of hydrogen-bond acceptors (Lipinski definition) is 8. The molecule has 46 heavy (non-hydrogen) atoms. The molecule has 2 unspecified atom stereocenters. The molecule has 0 spiro atoms. The van der Waals surface area contributed by atoms with Gasteiger partial charge in [0.2, 0.25) is 0 Å². The van der Waals surface area contributed by atoms with E-state index in [1.165, 1.54) is 11.0 Å². The third-order valence-corrected chi connectivity index (χ3v) is 9.23. The Hall–Kier alpha value is -4.44. The van der Waals surface area contributed by atoms with Crippen LogP contribution in [0, 0.1) is 11.3 Å². The quantitative estimate of drug-likeness (QED) is 0.261. The van der Waals surface area contributed by atoms with Crippen LogP contribution in [0.15, 0.2) is 48.8 Å². The van der Waals surface area contributed by atoms with Crippen LogP contribution in [0.25, 0.3) is 10.8 Å². The Morgan fingerprint density at radius 2 is 1.87 bits per heavy atom. The molecule has 0 N–H and O–H groups in total. The van der Waals surface area contributed by atoms with E-state index < -0.39 is 29.5 Å². The normalized spacial score (nSPS) is 20.5. The zero-order valence-electron chi connectivity index (χ0n) is 25.6. The fourth-order valence-corrected chi connectivity index (χ4v) is 6.85. The van der Waals surface area contributed by atoms with E-state index in [0.29, 0.717) is 48.7 Å². The molecule has 0 aliphatic carbocycles. The Kier molecular flexibility index (Phi) is 8.74. The lowest BCUT2D eigenvalue weighted by atomic mass is 9.98. The van der Waals surface area contributed by atoms with Gasteiger partial charge in [-0.15, -0.1) is 0 Å². The number of rotatable bonds is 7. The maximum atomic E-state index is 14.1. The number of anilines is 2. The van der Waals surface area contributed by atoms with Gasteiger partial charge >= 0.3 is 12.2 Å². The first-order valence-electron chi connectivity index (χ1n) is 15.4. The smallest absolute Gasteiger partial charge is 0.417 e. The Morgan fingerprint density at radius 1 is 1.09 bits per heavy atom. The van der Waals surface area contributed by atoms with E-state index in [1.807, 2.05) is 16.8 Å². The summed E-state index contributed by atoms with van der Waals surface area (Å²) in [7, 11) is 2.04. The Balaban J connectivity index is 1.36. The van der Waals surface area contributed by atoms with E-state index in [1.54, 1.807) is 24.3 Å². The molecule has 9 nitrogen and oxygen atoms in total. The van der Waals surface area contributed by atoms with Crippen molar-refractivity contribution < 1.29 is 27.1 Å². The number of carbonyl (C=O) groups is 1. The highest BCUT2D eigenvalue weighted by atomic mass is 19.4. The van der Waals surface area contributed by atoms with Crippen LogP contribution in [0.3, 0.4) is 0 Å². The van der Waals surface area contributed by atoms with Crippen molar-refractivity contribution in [1.82, 2.24) is 19.8 Å². The van der Waals surface area contributed by atoms with Crippen molar-refractivity contribution in [3.8, 4) is 12.1 Å². The summed E-state index contributed by atoms with van der Waals surface area (Å²) in [5, 5.41) is 10.1. The number of aromatic nitrogens is 2. The van der Waals surface area contributed by atoms with Crippen LogP contribution >= 0.6 is 0 Å². The number of hydrogen-bond donors (Lipinski definition) is 0. The number of nitriles is 1. The molecule has 1 amide bonds. The summed E-state index contributed by atoms with van der Waals surface area (Å²) in [6, 6.07) is 11.2. The van der Waals surface area contributed by atoms with Crippen LogP contribution in [0.4, 0.5) is 29.1 Å². The van der Waals surface area contributed by atoms with Gasteiger partial charge in [0.1, 0.15) is 12.4 Å². The second kappa shape index (κ2) is 12.7. The Labute approximate surface area is 264 Å². The van der Waals surface area contributed by atoms with E-state index in [4.69, 9.17) is 14.7 Å². The first-order chi connectivity index (χ1) is 22.0. The van der Waals surface area contributed by atoms with Gasteiger partial charge in [0.25, 0.3) is 5.91 Å². The molecule has 4 heterocycles. The molecule has 0 saturated carbocycles. The highest BCUT2D eigenvalue weighted by molar-refractivity contribution is 5.97. The molecule has 0 bridgehead atoms. The molecular weight excluding hydrogens is 602 g/mol. The monoisotopic (exact) mass is 637 g/mol. The van der Waals surface area contributed by atoms with Crippen molar-refractivity contribution in [2.45, 2.75) is 50.5 Å².